The van der Waals surface area contributed by atoms with Crippen LogP contribution in [-0.2, 0) is 21.2 Å². The highest BCUT2D eigenvalue weighted by molar-refractivity contribution is 7.94. The van der Waals surface area contributed by atoms with Crippen molar-refractivity contribution in [1.29, 1.82) is 0 Å². The van der Waals surface area contributed by atoms with E-state index < -0.39 is 10.0 Å². The largest absolute Gasteiger partial charge is 0.312 e. The highest BCUT2D eigenvalue weighted by Crippen LogP contribution is 2.32. The summed E-state index contributed by atoms with van der Waals surface area (Å²) in [6, 6.07) is 8.81. The number of anilines is 2. The summed E-state index contributed by atoms with van der Waals surface area (Å²) in [6.07, 6.45) is 1.09. The van der Waals surface area contributed by atoms with E-state index in [2.05, 4.69) is 18.6 Å². The van der Waals surface area contributed by atoms with Crippen LogP contribution in [0, 0.1) is 12.8 Å². The summed E-state index contributed by atoms with van der Waals surface area (Å²) in [5.41, 5.74) is 2.42. The summed E-state index contributed by atoms with van der Waals surface area (Å²) in [7, 11) is -3.57. The van der Waals surface area contributed by atoms with E-state index in [-0.39, 0.29) is 5.91 Å². The van der Waals surface area contributed by atoms with Crippen molar-refractivity contribution in [3.05, 3.63) is 40.8 Å². The topological polar surface area (TPSA) is 66.5 Å². The predicted octanol–water partition coefficient (Wildman–Crippen LogP) is 3.79. The number of nitrogens with one attached hydrogen (secondary N) is 1. The summed E-state index contributed by atoms with van der Waals surface area (Å²) >= 11 is 1.25. The third kappa shape index (κ3) is 3.88. The molecule has 7 heteroatoms. The van der Waals surface area contributed by atoms with Crippen LogP contribution in [0.4, 0.5) is 11.4 Å². The molecule has 134 valence electrons. The number of hydrogen-bond donors (Lipinski definition) is 1. The molecule has 0 saturated heterocycles. The summed E-state index contributed by atoms with van der Waals surface area (Å²) < 4.78 is 27.9. The van der Waals surface area contributed by atoms with Crippen LogP contribution in [-0.4, -0.2) is 20.9 Å². The first kappa shape index (κ1) is 17.9. The number of nitrogens with zero attached hydrogens (tertiary/aromatic N) is 1. The Bertz CT molecular complexity index is 901. The van der Waals surface area contributed by atoms with E-state index >= 15 is 0 Å². The van der Waals surface area contributed by atoms with Gasteiger partial charge in [0.1, 0.15) is 4.21 Å². The maximum absolute atomic E-state index is 12.5. The zero-order chi connectivity index (χ0) is 18.2. The summed E-state index contributed by atoms with van der Waals surface area (Å²) in [4.78, 5) is 15.0. The molecule has 0 fully saturated rings. The molecule has 0 aliphatic carbocycles. The molecule has 0 saturated carbocycles. The van der Waals surface area contributed by atoms with Gasteiger partial charge in [0.25, 0.3) is 10.0 Å². The molecule has 3 rings (SSSR count). The van der Waals surface area contributed by atoms with Gasteiger partial charge in [0.05, 0.1) is 0 Å². The highest BCUT2D eigenvalue weighted by atomic mass is 32.2. The number of sulfonamides is 1. The number of carbonyl (C=O) groups excluding carboxylic acids is 1. The lowest BCUT2D eigenvalue weighted by molar-refractivity contribution is -0.119. The molecule has 0 bridgehead atoms. The molecule has 0 atom stereocenters. The maximum atomic E-state index is 12.5. The molecule has 0 spiro atoms. The third-order valence-electron chi connectivity index (χ3n) is 4.06. The van der Waals surface area contributed by atoms with Crippen molar-refractivity contribution in [1.82, 2.24) is 0 Å². The molecule has 2 heterocycles. The fraction of sp³-hybridized carbons (Fsp3) is 0.389. The molecular weight excluding hydrogens is 356 g/mol. The van der Waals surface area contributed by atoms with Crippen LogP contribution < -0.4 is 9.62 Å². The van der Waals surface area contributed by atoms with Gasteiger partial charge >= 0.3 is 0 Å². The fourth-order valence-corrected chi connectivity index (χ4v) is 5.28. The van der Waals surface area contributed by atoms with E-state index in [4.69, 9.17) is 0 Å². The Kier molecular flexibility index (Phi) is 4.88. The quantitative estimate of drug-likeness (QED) is 0.861. The SMILES string of the molecule is Cc1ccc(S(=O)(=O)Nc2ccc3c(c2)CCC(=O)N3CC(C)C)s1. The van der Waals surface area contributed by atoms with Gasteiger partial charge in [-0.1, -0.05) is 13.8 Å². The van der Waals surface area contributed by atoms with Crippen molar-refractivity contribution < 1.29 is 13.2 Å². The van der Waals surface area contributed by atoms with Crippen LogP contribution in [0.2, 0.25) is 0 Å². The fourth-order valence-electron chi connectivity index (χ4n) is 2.95. The maximum Gasteiger partial charge on any atom is 0.271 e. The van der Waals surface area contributed by atoms with E-state index in [9.17, 15) is 13.2 Å². The number of hydrogen-bond acceptors (Lipinski definition) is 4. The van der Waals surface area contributed by atoms with Crippen LogP contribution >= 0.6 is 11.3 Å². The second kappa shape index (κ2) is 6.80. The van der Waals surface area contributed by atoms with E-state index in [1.807, 2.05) is 24.0 Å². The predicted molar refractivity (Wildman–Crippen MR) is 102 cm³/mol. The van der Waals surface area contributed by atoms with Crippen molar-refractivity contribution in [3.63, 3.8) is 0 Å². The monoisotopic (exact) mass is 378 g/mol. The van der Waals surface area contributed by atoms with E-state index in [0.29, 0.717) is 35.2 Å². The Labute approximate surface area is 152 Å². The van der Waals surface area contributed by atoms with E-state index in [1.54, 1.807) is 18.2 Å². The van der Waals surface area contributed by atoms with Crippen molar-refractivity contribution in [2.45, 2.75) is 37.8 Å². The van der Waals surface area contributed by atoms with Crippen molar-refractivity contribution >= 4 is 38.6 Å². The van der Waals surface area contributed by atoms with E-state index in [0.717, 1.165) is 16.1 Å². The van der Waals surface area contributed by atoms with Gasteiger partial charge in [0.15, 0.2) is 0 Å². The van der Waals surface area contributed by atoms with Gasteiger partial charge in [-0.15, -0.1) is 11.3 Å². The van der Waals surface area contributed by atoms with Crippen LogP contribution in [0.15, 0.2) is 34.5 Å². The zero-order valence-electron chi connectivity index (χ0n) is 14.6. The second-order valence-corrected chi connectivity index (χ2v) is 9.91. The van der Waals surface area contributed by atoms with Crippen LogP contribution in [0.5, 0.6) is 0 Å². The summed E-state index contributed by atoms with van der Waals surface area (Å²) in [5.74, 6) is 0.499. The molecule has 0 radical (unpaired) electrons. The molecule has 1 N–H and O–H groups in total. The van der Waals surface area contributed by atoms with Gasteiger partial charge in [0, 0.05) is 29.2 Å². The van der Waals surface area contributed by atoms with Crippen LogP contribution in [0.25, 0.3) is 0 Å². The normalized spacial score (nSPS) is 14.7. The lowest BCUT2D eigenvalue weighted by Crippen LogP contribution is -2.37. The zero-order valence-corrected chi connectivity index (χ0v) is 16.2. The summed E-state index contributed by atoms with van der Waals surface area (Å²) in [6.45, 7) is 6.70. The number of aryl methyl sites for hydroxylation is 2. The number of thiophene rings is 1. The van der Waals surface area contributed by atoms with Gasteiger partial charge in [-0.3, -0.25) is 9.52 Å². The third-order valence-corrected chi connectivity index (χ3v) is 6.93. The smallest absolute Gasteiger partial charge is 0.271 e. The minimum absolute atomic E-state index is 0.128. The Morgan fingerprint density at radius 3 is 2.60 bits per heavy atom. The van der Waals surface area contributed by atoms with Gasteiger partial charge < -0.3 is 4.90 Å². The lowest BCUT2D eigenvalue weighted by Gasteiger charge is -2.31. The Morgan fingerprint density at radius 1 is 1.20 bits per heavy atom. The number of benzene rings is 1. The van der Waals surface area contributed by atoms with Crippen LogP contribution in [0.1, 0.15) is 30.7 Å². The minimum atomic E-state index is -3.57. The molecule has 25 heavy (non-hydrogen) atoms. The first-order valence-electron chi connectivity index (χ1n) is 8.29. The molecule has 1 amide bonds. The van der Waals surface area contributed by atoms with Gasteiger partial charge in [-0.25, -0.2) is 8.42 Å². The van der Waals surface area contributed by atoms with E-state index in [1.165, 1.54) is 11.3 Å². The first-order chi connectivity index (χ1) is 11.8. The molecular formula is C18H22N2O3S2. The molecule has 1 aromatic carbocycles. The van der Waals surface area contributed by atoms with Crippen molar-refractivity contribution in [3.8, 4) is 0 Å². The lowest BCUT2D eigenvalue weighted by atomic mass is 9.99. The van der Waals surface area contributed by atoms with Crippen molar-refractivity contribution in [2.24, 2.45) is 5.92 Å². The van der Waals surface area contributed by atoms with Crippen molar-refractivity contribution in [2.75, 3.05) is 16.2 Å². The average Bonchev–Trinajstić information content (AvgIpc) is 2.97. The second-order valence-electron chi connectivity index (χ2n) is 6.71. The minimum Gasteiger partial charge on any atom is -0.312 e. The molecule has 5 nitrogen and oxygen atoms in total. The number of fused-ring (bicyclic) bond motifs is 1. The summed E-state index contributed by atoms with van der Waals surface area (Å²) in [5, 5.41) is 0. The number of amides is 1. The Balaban J connectivity index is 1.87. The number of rotatable bonds is 5. The molecule has 1 aliphatic heterocycles. The molecule has 0 unspecified atom stereocenters. The van der Waals surface area contributed by atoms with Gasteiger partial charge in [-0.2, -0.15) is 0 Å². The van der Waals surface area contributed by atoms with Crippen LogP contribution in [0.3, 0.4) is 0 Å². The van der Waals surface area contributed by atoms with Gasteiger partial charge in [-0.05, 0) is 55.2 Å². The van der Waals surface area contributed by atoms with Gasteiger partial charge in [0.2, 0.25) is 5.91 Å². The molecule has 2 aromatic rings. The first-order valence-corrected chi connectivity index (χ1v) is 10.6. The standard InChI is InChI=1S/C18H22N2O3S2/c1-12(2)11-20-16-7-6-15(10-14(16)5-8-17(20)21)19-25(22,23)18-9-4-13(3)24-18/h4,6-7,9-10,12,19H,5,8,11H2,1-3H3. The molecule has 1 aromatic heterocycles. The number of carbonyl (C=O) groups is 1. The Morgan fingerprint density at radius 2 is 1.96 bits per heavy atom. The molecule has 1 aliphatic rings. The Hall–Kier alpha value is -1.86. The highest BCUT2D eigenvalue weighted by Gasteiger charge is 2.25. The average molecular weight is 379 g/mol.